The lowest BCUT2D eigenvalue weighted by Crippen LogP contribution is -2.28. The Hall–Kier alpha value is -3.77. The van der Waals surface area contributed by atoms with E-state index in [-0.39, 0.29) is 17.3 Å². The molecule has 3 amide bonds. The van der Waals surface area contributed by atoms with E-state index in [2.05, 4.69) is 10.6 Å². The van der Waals surface area contributed by atoms with Crippen LogP contribution in [0.15, 0.2) is 91.0 Å². The van der Waals surface area contributed by atoms with Crippen LogP contribution in [-0.2, 0) is 4.79 Å². The molecule has 0 aromatic heterocycles. The summed E-state index contributed by atoms with van der Waals surface area (Å²) >= 11 is 1.61. The lowest BCUT2D eigenvalue weighted by atomic mass is 10.1. The summed E-state index contributed by atoms with van der Waals surface area (Å²) in [7, 11) is 0. The molecule has 33 heavy (non-hydrogen) atoms. The van der Waals surface area contributed by atoms with Crippen LogP contribution in [0.3, 0.4) is 0 Å². The minimum atomic E-state index is -0.300. The molecule has 0 aliphatic carbocycles. The number of hydrogen-bond donors (Lipinski definition) is 2. The molecule has 6 heteroatoms. The van der Waals surface area contributed by atoms with E-state index in [0.717, 1.165) is 33.3 Å². The maximum absolute atomic E-state index is 12.6. The Labute approximate surface area is 196 Å². The number of anilines is 3. The SMILES string of the molecule is Cc1ccccc1N1C(=O)CS[C@H]1c1ccc(NC(=O)Nc2cccc3ccccc23)cc1. The summed E-state index contributed by atoms with van der Waals surface area (Å²) in [6.07, 6.45) is 0. The zero-order chi connectivity index (χ0) is 22.8. The zero-order valence-electron chi connectivity index (χ0n) is 18.1. The molecule has 5 nitrogen and oxygen atoms in total. The van der Waals surface area contributed by atoms with E-state index in [0.29, 0.717) is 11.4 Å². The van der Waals surface area contributed by atoms with E-state index in [9.17, 15) is 9.59 Å². The predicted molar refractivity (Wildman–Crippen MR) is 137 cm³/mol. The fourth-order valence-corrected chi connectivity index (χ4v) is 5.28. The second-order valence-electron chi connectivity index (χ2n) is 7.94. The van der Waals surface area contributed by atoms with Gasteiger partial charge in [0.1, 0.15) is 5.37 Å². The van der Waals surface area contributed by atoms with Crippen LogP contribution >= 0.6 is 11.8 Å². The van der Waals surface area contributed by atoms with Gasteiger partial charge in [0, 0.05) is 16.8 Å². The molecule has 0 bridgehead atoms. The highest BCUT2D eigenvalue weighted by Gasteiger charge is 2.34. The molecule has 1 fully saturated rings. The largest absolute Gasteiger partial charge is 0.323 e. The van der Waals surface area contributed by atoms with Crippen LogP contribution in [0.1, 0.15) is 16.5 Å². The monoisotopic (exact) mass is 453 g/mol. The lowest BCUT2D eigenvalue weighted by molar-refractivity contribution is -0.115. The summed E-state index contributed by atoms with van der Waals surface area (Å²) in [5.74, 6) is 0.558. The number of benzene rings is 4. The van der Waals surface area contributed by atoms with Gasteiger partial charge in [0.05, 0.1) is 11.4 Å². The molecule has 1 atom stereocenters. The second-order valence-corrected chi connectivity index (χ2v) is 9.01. The van der Waals surface area contributed by atoms with Gasteiger partial charge in [0.2, 0.25) is 5.91 Å². The number of fused-ring (bicyclic) bond motifs is 1. The lowest BCUT2D eigenvalue weighted by Gasteiger charge is -2.26. The van der Waals surface area contributed by atoms with Crippen molar-refractivity contribution in [1.82, 2.24) is 0 Å². The molecule has 1 aliphatic heterocycles. The molecule has 1 heterocycles. The molecule has 4 aromatic carbocycles. The van der Waals surface area contributed by atoms with Crippen LogP contribution in [0.25, 0.3) is 10.8 Å². The molecule has 0 saturated carbocycles. The van der Waals surface area contributed by atoms with E-state index in [1.807, 2.05) is 103 Å². The Morgan fingerprint density at radius 3 is 2.42 bits per heavy atom. The maximum atomic E-state index is 12.6. The van der Waals surface area contributed by atoms with Gasteiger partial charge in [-0.3, -0.25) is 9.69 Å². The summed E-state index contributed by atoms with van der Waals surface area (Å²) in [4.78, 5) is 27.1. The van der Waals surface area contributed by atoms with Crippen molar-refractivity contribution in [1.29, 1.82) is 0 Å². The molecule has 2 N–H and O–H groups in total. The number of nitrogens with zero attached hydrogens (tertiary/aromatic N) is 1. The first-order valence-electron chi connectivity index (χ1n) is 10.8. The van der Waals surface area contributed by atoms with Crippen LogP contribution < -0.4 is 15.5 Å². The van der Waals surface area contributed by atoms with Gasteiger partial charge in [0.25, 0.3) is 0 Å². The first kappa shape index (κ1) is 21.1. The van der Waals surface area contributed by atoms with Crippen LogP contribution in [0.4, 0.5) is 21.9 Å². The summed E-state index contributed by atoms with van der Waals surface area (Å²) < 4.78 is 0. The van der Waals surface area contributed by atoms with Crippen molar-refractivity contribution >= 4 is 51.5 Å². The quantitative estimate of drug-likeness (QED) is 0.367. The number of carbonyl (C=O) groups excluding carboxylic acids is 2. The third kappa shape index (κ3) is 4.30. The van der Waals surface area contributed by atoms with Crippen LogP contribution in [0.5, 0.6) is 0 Å². The second kappa shape index (κ2) is 9.00. The molecule has 1 saturated heterocycles. The summed E-state index contributed by atoms with van der Waals surface area (Å²) in [6, 6.07) is 29.1. The predicted octanol–water partition coefficient (Wildman–Crippen LogP) is 6.57. The number of urea groups is 1. The molecule has 4 aromatic rings. The average Bonchev–Trinajstić information content (AvgIpc) is 3.21. The van der Waals surface area contributed by atoms with E-state index >= 15 is 0 Å². The fraction of sp³-hybridized carbons (Fsp3) is 0.111. The zero-order valence-corrected chi connectivity index (χ0v) is 18.9. The number of rotatable bonds is 4. The van der Waals surface area contributed by atoms with Gasteiger partial charge in [0.15, 0.2) is 0 Å². The molecular formula is C27H23N3O2S. The van der Waals surface area contributed by atoms with Crippen molar-refractivity contribution < 1.29 is 9.59 Å². The van der Waals surface area contributed by atoms with Gasteiger partial charge in [-0.25, -0.2) is 4.79 Å². The first-order valence-corrected chi connectivity index (χ1v) is 11.8. The molecular weight excluding hydrogens is 430 g/mol. The van der Waals surface area contributed by atoms with Gasteiger partial charge in [-0.1, -0.05) is 66.7 Å². The van der Waals surface area contributed by atoms with Gasteiger partial charge in [-0.2, -0.15) is 0 Å². The van der Waals surface area contributed by atoms with E-state index < -0.39 is 0 Å². The standard InChI is InChI=1S/C27H23N3O2S/c1-18-7-2-5-12-24(18)30-25(31)17-33-26(30)20-13-15-21(16-14-20)28-27(32)29-23-11-6-9-19-8-3-4-10-22(19)23/h2-16,26H,17H2,1H3,(H2,28,29,32)/t26-/m0/s1. The topological polar surface area (TPSA) is 61.4 Å². The van der Waals surface area contributed by atoms with Crippen LogP contribution in [0, 0.1) is 6.92 Å². The fourth-order valence-electron chi connectivity index (χ4n) is 4.11. The molecule has 1 aliphatic rings. The highest BCUT2D eigenvalue weighted by atomic mass is 32.2. The minimum Gasteiger partial charge on any atom is -0.308 e. The summed E-state index contributed by atoms with van der Waals surface area (Å²) in [6.45, 7) is 2.02. The van der Waals surface area contributed by atoms with Crippen molar-refractivity contribution in [2.24, 2.45) is 0 Å². The first-order chi connectivity index (χ1) is 16.1. The van der Waals surface area contributed by atoms with Crippen molar-refractivity contribution in [3.05, 3.63) is 102 Å². The van der Waals surface area contributed by atoms with Gasteiger partial charge < -0.3 is 10.6 Å². The van der Waals surface area contributed by atoms with E-state index in [1.165, 1.54) is 0 Å². The van der Waals surface area contributed by atoms with E-state index in [4.69, 9.17) is 0 Å². The Kier molecular flexibility index (Phi) is 5.75. The number of hydrogen-bond acceptors (Lipinski definition) is 3. The average molecular weight is 454 g/mol. The van der Waals surface area contributed by atoms with Crippen molar-refractivity contribution in [2.45, 2.75) is 12.3 Å². The van der Waals surface area contributed by atoms with Gasteiger partial charge >= 0.3 is 6.03 Å². The highest BCUT2D eigenvalue weighted by molar-refractivity contribution is 8.00. The van der Waals surface area contributed by atoms with Crippen LogP contribution in [-0.4, -0.2) is 17.7 Å². The van der Waals surface area contributed by atoms with Crippen molar-refractivity contribution in [2.75, 3.05) is 21.3 Å². The summed E-state index contributed by atoms with van der Waals surface area (Å²) in [5.41, 5.74) is 4.48. The molecule has 0 spiro atoms. The normalized spacial score (nSPS) is 15.6. The molecule has 0 radical (unpaired) electrons. The number of amides is 3. The third-order valence-corrected chi connectivity index (χ3v) is 6.95. The van der Waals surface area contributed by atoms with Gasteiger partial charge in [-0.05, 0) is 47.7 Å². The van der Waals surface area contributed by atoms with Crippen molar-refractivity contribution in [3.8, 4) is 0 Å². The van der Waals surface area contributed by atoms with Gasteiger partial charge in [-0.15, -0.1) is 11.8 Å². The molecule has 164 valence electrons. The van der Waals surface area contributed by atoms with E-state index in [1.54, 1.807) is 11.8 Å². The number of carbonyl (C=O) groups is 2. The Balaban J connectivity index is 1.31. The number of nitrogens with one attached hydrogen (secondary N) is 2. The highest BCUT2D eigenvalue weighted by Crippen LogP contribution is 2.42. The Bertz CT molecular complexity index is 1330. The van der Waals surface area contributed by atoms with Crippen molar-refractivity contribution in [3.63, 3.8) is 0 Å². The Morgan fingerprint density at radius 1 is 0.879 bits per heavy atom. The number of thioether (sulfide) groups is 1. The van der Waals surface area contributed by atoms with Crippen LogP contribution in [0.2, 0.25) is 0 Å². The molecule has 5 rings (SSSR count). The molecule has 0 unspecified atom stereocenters. The third-order valence-electron chi connectivity index (χ3n) is 5.73. The maximum Gasteiger partial charge on any atom is 0.323 e. The Morgan fingerprint density at radius 2 is 1.61 bits per heavy atom. The smallest absolute Gasteiger partial charge is 0.308 e. The minimum absolute atomic E-state index is 0.0860. The number of aryl methyl sites for hydroxylation is 1. The summed E-state index contributed by atoms with van der Waals surface area (Å²) in [5, 5.41) is 7.81. The number of para-hydroxylation sites is 1.